The summed E-state index contributed by atoms with van der Waals surface area (Å²) in [5, 5.41) is 2.75. The standard InChI is InChI=1S/C12H25FO3S.C2H7N/c13-11-9-7-5-3-1-2-4-6-8-10-12-17(14,15)16;1-3-2/h1-12H2,(H,14,15,16);3H,1-2H3. The van der Waals surface area contributed by atoms with E-state index in [0.29, 0.717) is 12.8 Å². The molecular formula is C14H32FNO3S. The largest absolute Gasteiger partial charge is 0.323 e. The normalized spacial score (nSPS) is 11.0. The number of unbranched alkanes of at least 4 members (excludes halogenated alkanes) is 9. The van der Waals surface area contributed by atoms with Crippen LogP contribution in [0.5, 0.6) is 0 Å². The van der Waals surface area contributed by atoms with E-state index >= 15 is 0 Å². The molecule has 0 aromatic rings. The van der Waals surface area contributed by atoms with E-state index in [1.54, 1.807) is 0 Å². The molecule has 0 saturated carbocycles. The minimum atomic E-state index is -3.76. The molecule has 0 heterocycles. The SMILES string of the molecule is CNC.O=S(=O)(O)CCCCCCCCCCCCF. The minimum absolute atomic E-state index is 0.115. The van der Waals surface area contributed by atoms with Crippen molar-refractivity contribution in [1.29, 1.82) is 0 Å². The average molecular weight is 313 g/mol. The molecule has 124 valence electrons. The van der Waals surface area contributed by atoms with Gasteiger partial charge in [-0.2, -0.15) is 8.42 Å². The number of halogens is 1. The smallest absolute Gasteiger partial charge is 0.264 e. The molecule has 0 saturated heterocycles. The van der Waals surface area contributed by atoms with Gasteiger partial charge < -0.3 is 5.32 Å². The van der Waals surface area contributed by atoms with Crippen LogP contribution in [-0.4, -0.2) is 39.5 Å². The first kappa shape index (κ1) is 22.1. The second-order valence-corrected chi connectivity index (χ2v) is 6.58. The summed E-state index contributed by atoms with van der Waals surface area (Å²) in [7, 11) is -0.0150. The van der Waals surface area contributed by atoms with Crippen LogP contribution in [0.2, 0.25) is 0 Å². The summed E-state index contributed by atoms with van der Waals surface area (Å²) in [5.41, 5.74) is 0. The van der Waals surface area contributed by atoms with Gasteiger partial charge in [0.15, 0.2) is 0 Å². The first-order valence-electron chi connectivity index (χ1n) is 7.57. The highest BCUT2D eigenvalue weighted by Crippen LogP contribution is 2.10. The Balaban J connectivity index is 0. The maximum absolute atomic E-state index is 11.8. The summed E-state index contributed by atoms with van der Waals surface area (Å²) < 4.78 is 41.1. The molecule has 6 heteroatoms. The van der Waals surface area contributed by atoms with Crippen LogP contribution in [0.4, 0.5) is 4.39 Å². The van der Waals surface area contributed by atoms with Gasteiger partial charge in [-0.3, -0.25) is 8.94 Å². The Kier molecular flexibility index (Phi) is 18.6. The summed E-state index contributed by atoms with van der Waals surface area (Å²) in [6, 6.07) is 0. The molecule has 0 unspecified atom stereocenters. The van der Waals surface area contributed by atoms with Crippen molar-refractivity contribution in [3.05, 3.63) is 0 Å². The van der Waals surface area contributed by atoms with Crippen LogP contribution in [0.3, 0.4) is 0 Å². The van der Waals surface area contributed by atoms with E-state index in [9.17, 15) is 12.8 Å². The fourth-order valence-electron chi connectivity index (χ4n) is 1.79. The molecule has 0 amide bonds. The van der Waals surface area contributed by atoms with E-state index < -0.39 is 10.1 Å². The lowest BCUT2D eigenvalue weighted by Crippen LogP contribution is -2.03. The van der Waals surface area contributed by atoms with E-state index in [4.69, 9.17) is 4.55 Å². The molecule has 0 spiro atoms. The summed E-state index contributed by atoms with van der Waals surface area (Å²) in [5.74, 6) is -0.115. The zero-order valence-electron chi connectivity index (χ0n) is 13.0. The van der Waals surface area contributed by atoms with Gasteiger partial charge in [0.25, 0.3) is 10.1 Å². The Morgan fingerprint density at radius 2 is 1.10 bits per heavy atom. The van der Waals surface area contributed by atoms with Crippen LogP contribution in [0.25, 0.3) is 0 Å². The van der Waals surface area contributed by atoms with Crippen molar-refractivity contribution >= 4 is 10.1 Å². The van der Waals surface area contributed by atoms with E-state index in [-0.39, 0.29) is 12.4 Å². The molecule has 0 atom stereocenters. The highest BCUT2D eigenvalue weighted by molar-refractivity contribution is 7.85. The highest BCUT2D eigenvalue weighted by atomic mass is 32.2. The summed E-state index contributed by atoms with van der Waals surface area (Å²) in [6.45, 7) is -0.201. The molecule has 0 aliphatic rings. The van der Waals surface area contributed by atoms with Crippen molar-refractivity contribution in [3.63, 3.8) is 0 Å². The van der Waals surface area contributed by atoms with E-state index in [1.165, 1.54) is 19.3 Å². The Bertz CT molecular complexity index is 272. The number of hydrogen-bond acceptors (Lipinski definition) is 3. The maximum atomic E-state index is 11.8. The van der Waals surface area contributed by atoms with Gasteiger partial charge in [0, 0.05) is 0 Å². The van der Waals surface area contributed by atoms with Gasteiger partial charge >= 0.3 is 0 Å². The van der Waals surface area contributed by atoms with Crippen molar-refractivity contribution in [2.45, 2.75) is 64.2 Å². The summed E-state index contributed by atoms with van der Waals surface area (Å²) >= 11 is 0. The molecule has 0 aromatic heterocycles. The Morgan fingerprint density at radius 1 is 0.800 bits per heavy atom. The van der Waals surface area contributed by atoms with Crippen LogP contribution in [0.1, 0.15) is 64.2 Å². The fourth-order valence-corrected chi connectivity index (χ4v) is 2.36. The second-order valence-electron chi connectivity index (χ2n) is 5.01. The molecule has 0 radical (unpaired) electrons. The summed E-state index contributed by atoms with van der Waals surface area (Å²) in [6.07, 6.45) is 9.88. The molecule has 0 rings (SSSR count). The zero-order chi connectivity index (χ0) is 15.7. The predicted molar refractivity (Wildman–Crippen MR) is 83.5 cm³/mol. The van der Waals surface area contributed by atoms with E-state index in [2.05, 4.69) is 5.32 Å². The molecule has 4 nitrogen and oxygen atoms in total. The molecule has 0 aliphatic heterocycles. The van der Waals surface area contributed by atoms with Crippen molar-refractivity contribution in [1.82, 2.24) is 5.32 Å². The molecule has 0 fully saturated rings. The van der Waals surface area contributed by atoms with Crippen molar-refractivity contribution in [2.24, 2.45) is 0 Å². The Morgan fingerprint density at radius 3 is 1.40 bits per heavy atom. The quantitative estimate of drug-likeness (QED) is 0.427. The molecule has 0 bridgehead atoms. The lowest BCUT2D eigenvalue weighted by molar-refractivity contribution is 0.449. The van der Waals surface area contributed by atoms with Gasteiger partial charge in [-0.15, -0.1) is 0 Å². The predicted octanol–water partition coefficient (Wildman–Crippen LogP) is 3.58. The van der Waals surface area contributed by atoms with Gasteiger partial charge in [-0.05, 0) is 26.9 Å². The minimum Gasteiger partial charge on any atom is -0.323 e. The lowest BCUT2D eigenvalue weighted by atomic mass is 10.1. The van der Waals surface area contributed by atoms with Crippen molar-refractivity contribution in [3.8, 4) is 0 Å². The molecule has 20 heavy (non-hydrogen) atoms. The van der Waals surface area contributed by atoms with Gasteiger partial charge in [0.2, 0.25) is 0 Å². The van der Waals surface area contributed by atoms with Gasteiger partial charge in [0.05, 0.1) is 12.4 Å². The number of rotatable bonds is 12. The third kappa shape index (κ3) is 26.4. The molecule has 2 N–H and O–H groups in total. The second kappa shape index (κ2) is 16.9. The maximum Gasteiger partial charge on any atom is 0.264 e. The zero-order valence-corrected chi connectivity index (χ0v) is 13.9. The van der Waals surface area contributed by atoms with Gasteiger partial charge in [0.1, 0.15) is 0 Å². The first-order chi connectivity index (χ1) is 9.47. The number of nitrogens with one attached hydrogen (secondary N) is 1. The average Bonchev–Trinajstić information content (AvgIpc) is 2.35. The Labute approximate surface area is 124 Å². The van der Waals surface area contributed by atoms with Crippen LogP contribution in [-0.2, 0) is 10.1 Å². The third-order valence-electron chi connectivity index (χ3n) is 2.79. The molecule has 0 aromatic carbocycles. The van der Waals surface area contributed by atoms with Crippen LogP contribution >= 0.6 is 0 Å². The monoisotopic (exact) mass is 313 g/mol. The first-order valence-corrected chi connectivity index (χ1v) is 9.18. The van der Waals surface area contributed by atoms with Crippen LogP contribution in [0.15, 0.2) is 0 Å². The van der Waals surface area contributed by atoms with Gasteiger partial charge in [-0.1, -0.05) is 51.4 Å². The third-order valence-corrected chi connectivity index (χ3v) is 3.59. The Hall–Kier alpha value is -0.200. The lowest BCUT2D eigenvalue weighted by Gasteiger charge is -2.01. The van der Waals surface area contributed by atoms with Crippen LogP contribution in [0, 0.1) is 0 Å². The molecular weight excluding hydrogens is 281 g/mol. The van der Waals surface area contributed by atoms with Crippen molar-refractivity contribution in [2.75, 3.05) is 26.5 Å². The fraction of sp³-hybridized carbons (Fsp3) is 1.00. The number of alkyl halides is 1. The van der Waals surface area contributed by atoms with Crippen molar-refractivity contribution < 1.29 is 17.4 Å². The molecule has 0 aliphatic carbocycles. The van der Waals surface area contributed by atoms with Crippen LogP contribution < -0.4 is 5.32 Å². The van der Waals surface area contributed by atoms with E-state index in [1.807, 2.05) is 14.1 Å². The summed E-state index contributed by atoms with van der Waals surface area (Å²) in [4.78, 5) is 0. The van der Waals surface area contributed by atoms with Gasteiger partial charge in [-0.25, -0.2) is 0 Å². The topological polar surface area (TPSA) is 66.4 Å². The van der Waals surface area contributed by atoms with E-state index in [0.717, 1.165) is 32.1 Å². The number of hydrogen-bond donors (Lipinski definition) is 2. The highest BCUT2D eigenvalue weighted by Gasteiger charge is 2.02.